The molecule has 7 heteroatoms. The molecule has 0 bridgehead atoms. The molecule has 0 saturated carbocycles. The van der Waals surface area contributed by atoms with E-state index in [0.29, 0.717) is 27.8 Å². The predicted octanol–water partition coefficient (Wildman–Crippen LogP) is 4.93. The maximum Gasteiger partial charge on any atom is 0.242 e. The minimum Gasteiger partial charge on any atom is -0.497 e. The lowest BCUT2D eigenvalue weighted by atomic mass is 10.0. The number of nitrogens with one attached hydrogen (secondary N) is 1. The number of rotatable bonds is 9. The van der Waals surface area contributed by atoms with Gasteiger partial charge in [0.1, 0.15) is 11.8 Å². The molecule has 0 aromatic heterocycles. The maximum absolute atomic E-state index is 13.6. The highest BCUT2D eigenvalue weighted by Gasteiger charge is 2.30. The van der Waals surface area contributed by atoms with E-state index in [9.17, 15) is 9.59 Å². The summed E-state index contributed by atoms with van der Waals surface area (Å²) in [5.41, 5.74) is 2.33. The number of hydrogen-bond acceptors (Lipinski definition) is 3. The maximum atomic E-state index is 13.6. The lowest BCUT2D eigenvalue weighted by Gasteiger charge is -2.31. The number of ether oxygens (including phenoxy) is 1. The standard InChI is InChI=1S/C26H26Cl2N2O3/c1-29-26(32)24(15-18-8-4-3-5-9-18)30(17-19-10-6-11-20(14-19)33-2)25(31)16-21-22(27)12-7-13-23(21)28/h3-14,24H,15-17H2,1-2H3,(H,29,32)/t24-/m0/s1. The Hall–Kier alpha value is -3.02. The zero-order valence-corrected chi connectivity index (χ0v) is 20.1. The minimum atomic E-state index is -0.725. The molecule has 0 radical (unpaired) electrons. The van der Waals surface area contributed by atoms with Gasteiger partial charge in [-0.1, -0.05) is 71.7 Å². The average Bonchev–Trinajstić information content (AvgIpc) is 2.83. The molecule has 1 atom stereocenters. The van der Waals surface area contributed by atoms with Gasteiger partial charge in [-0.15, -0.1) is 0 Å². The molecule has 0 unspecified atom stereocenters. The zero-order valence-electron chi connectivity index (χ0n) is 18.6. The molecule has 0 aliphatic rings. The van der Waals surface area contributed by atoms with Gasteiger partial charge < -0.3 is 15.0 Å². The number of nitrogens with zero attached hydrogens (tertiary/aromatic N) is 1. The van der Waals surface area contributed by atoms with Crippen LogP contribution < -0.4 is 10.1 Å². The smallest absolute Gasteiger partial charge is 0.242 e. The highest BCUT2D eigenvalue weighted by Crippen LogP contribution is 2.26. The Morgan fingerprint density at radius 3 is 2.21 bits per heavy atom. The van der Waals surface area contributed by atoms with Crippen LogP contribution in [0.2, 0.25) is 10.0 Å². The van der Waals surface area contributed by atoms with Gasteiger partial charge in [0.15, 0.2) is 0 Å². The monoisotopic (exact) mass is 484 g/mol. The molecule has 0 spiro atoms. The number of halogens is 2. The number of hydrogen-bond donors (Lipinski definition) is 1. The van der Waals surface area contributed by atoms with Gasteiger partial charge >= 0.3 is 0 Å². The predicted molar refractivity (Wildman–Crippen MR) is 132 cm³/mol. The Morgan fingerprint density at radius 1 is 0.939 bits per heavy atom. The van der Waals surface area contributed by atoms with E-state index in [2.05, 4.69) is 5.32 Å². The SMILES string of the molecule is CNC(=O)[C@H](Cc1ccccc1)N(Cc1cccc(OC)c1)C(=O)Cc1c(Cl)cccc1Cl. The summed E-state index contributed by atoms with van der Waals surface area (Å²) in [7, 11) is 3.16. The Bertz CT molecular complexity index is 1090. The number of likely N-dealkylation sites (N-methyl/N-ethyl adjacent to an activating group) is 1. The number of carbonyl (C=O) groups excluding carboxylic acids is 2. The molecular formula is C26H26Cl2N2O3. The molecule has 0 aliphatic carbocycles. The Labute approximate surface area is 204 Å². The van der Waals surface area contributed by atoms with Crippen molar-refractivity contribution < 1.29 is 14.3 Å². The molecule has 33 heavy (non-hydrogen) atoms. The van der Waals surface area contributed by atoms with E-state index < -0.39 is 6.04 Å². The molecule has 2 amide bonds. The Balaban J connectivity index is 1.99. The third-order valence-corrected chi connectivity index (χ3v) is 6.10. The topological polar surface area (TPSA) is 58.6 Å². The summed E-state index contributed by atoms with van der Waals surface area (Å²) in [4.78, 5) is 28.2. The highest BCUT2D eigenvalue weighted by molar-refractivity contribution is 6.36. The van der Waals surface area contributed by atoms with Crippen molar-refractivity contribution in [3.63, 3.8) is 0 Å². The average molecular weight is 485 g/mol. The second-order valence-electron chi connectivity index (χ2n) is 7.57. The normalized spacial score (nSPS) is 11.5. The fraction of sp³-hybridized carbons (Fsp3) is 0.231. The van der Waals surface area contributed by atoms with Crippen molar-refractivity contribution in [3.8, 4) is 5.75 Å². The Kier molecular flexibility index (Phi) is 8.75. The molecule has 3 rings (SSSR count). The van der Waals surface area contributed by atoms with Crippen LogP contribution in [0.25, 0.3) is 0 Å². The van der Waals surface area contributed by atoms with Crippen molar-refractivity contribution in [2.75, 3.05) is 14.2 Å². The van der Waals surface area contributed by atoms with E-state index in [-0.39, 0.29) is 24.8 Å². The lowest BCUT2D eigenvalue weighted by Crippen LogP contribution is -2.50. The van der Waals surface area contributed by atoms with Crippen LogP contribution in [-0.4, -0.2) is 36.9 Å². The van der Waals surface area contributed by atoms with Gasteiger partial charge in [-0.2, -0.15) is 0 Å². The molecule has 3 aromatic carbocycles. The summed E-state index contributed by atoms with van der Waals surface area (Å²) in [6, 6.07) is 21.5. The number of amides is 2. The van der Waals surface area contributed by atoms with Crippen LogP contribution in [0.15, 0.2) is 72.8 Å². The quantitative estimate of drug-likeness (QED) is 0.468. The second-order valence-corrected chi connectivity index (χ2v) is 8.38. The van der Waals surface area contributed by atoms with Crippen LogP contribution in [0.5, 0.6) is 5.75 Å². The lowest BCUT2D eigenvalue weighted by molar-refractivity contribution is -0.140. The summed E-state index contributed by atoms with van der Waals surface area (Å²) in [5, 5.41) is 3.53. The van der Waals surface area contributed by atoms with Crippen molar-refractivity contribution in [3.05, 3.63) is 99.5 Å². The summed E-state index contributed by atoms with van der Waals surface area (Å²) >= 11 is 12.7. The van der Waals surface area contributed by atoms with E-state index in [4.69, 9.17) is 27.9 Å². The van der Waals surface area contributed by atoms with Crippen molar-refractivity contribution in [1.82, 2.24) is 10.2 Å². The third kappa shape index (κ3) is 6.50. The van der Waals surface area contributed by atoms with E-state index >= 15 is 0 Å². The van der Waals surface area contributed by atoms with Gasteiger partial charge in [0, 0.05) is 30.1 Å². The van der Waals surface area contributed by atoms with Gasteiger partial charge in [-0.3, -0.25) is 9.59 Å². The van der Waals surface area contributed by atoms with Gasteiger partial charge in [0.2, 0.25) is 11.8 Å². The van der Waals surface area contributed by atoms with Crippen molar-refractivity contribution >= 4 is 35.0 Å². The van der Waals surface area contributed by atoms with Gasteiger partial charge in [0.05, 0.1) is 13.5 Å². The fourth-order valence-electron chi connectivity index (χ4n) is 3.64. The largest absolute Gasteiger partial charge is 0.497 e. The molecular weight excluding hydrogens is 459 g/mol. The van der Waals surface area contributed by atoms with Crippen molar-refractivity contribution in [2.45, 2.75) is 25.4 Å². The highest BCUT2D eigenvalue weighted by atomic mass is 35.5. The molecule has 0 saturated heterocycles. The third-order valence-electron chi connectivity index (χ3n) is 5.39. The van der Waals surface area contributed by atoms with Gasteiger partial charge in [-0.05, 0) is 41.0 Å². The summed E-state index contributed by atoms with van der Waals surface area (Å²) in [5.74, 6) is 0.173. The van der Waals surface area contributed by atoms with E-state index in [1.54, 1.807) is 37.3 Å². The van der Waals surface area contributed by atoms with Crippen LogP contribution >= 0.6 is 23.2 Å². The molecule has 172 valence electrons. The number of benzene rings is 3. The first kappa shape index (κ1) is 24.6. The molecule has 0 aliphatic heterocycles. The number of methoxy groups -OCH3 is 1. The molecule has 0 heterocycles. The Morgan fingerprint density at radius 2 is 1.58 bits per heavy atom. The van der Waals surface area contributed by atoms with E-state index in [1.807, 2.05) is 54.6 Å². The van der Waals surface area contributed by atoms with Crippen molar-refractivity contribution in [2.24, 2.45) is 0 Å². The first-order valence-corrected chi connectivity index (χ1v) is 11.3. The van der Waals surface area contributed by atoms with Crippen LogP contribution in [-0.2, 0) is 29.0 Å². The van der Waals surface area contributed by atoms with Gasteiger partial charge in [-0.25, -0.2) is 0 Å². The van der Waals surface area contributed by atoms with Crippen LogP contribution in [0.4, 0.5) is 0 Å². The first-order valence-electron chi connectivity index (χ1n) is 10.5. The summed E-state index contributed by atoms with van der Waals surface area (Å²) in [6.45, 7) is 0.225. The molecule has 1 N–H and O–H groups in total. The summed E-state index contributed by atoms with van der Waals surface area (Å²) < 4.78 is 5.33. The van der Waals surface area contributed by atoms with E-state index in [0.717, 1.165) is 11.1 Å². The number of carbonyl (C=O) groups is 2. The van der Waals surface area contributed by atoms with Crippen LogP contribution in [0, 0.1) is 0 Å². The van der Waals surface area contributed by atoms with Crippen LogP contribution in [0.1, 0.15) is 16.7 Å². The molecule has 0 fully saturated rings. The summed E-state index contributed by atoms with van der Waals surface area (Å²) in [6.07, 6.45) is 0.344. The van der Waals surface area contributed by atoms with E-state index in [1.165, 1.54) is 0 Å². The first-order chi connectivity index (χ1) is 15.9. The minimum absolute atomic E-state index is 0.0231. The zero-order chi connectivity index (χ0) is 23.8. The van der Waals surface area contributed by atoms with Gasteiger partial charge in [0.25, 0.3) is 0 Å². The van der Waals surface area contributed by atoms with Crippen molar-refractivity contribution in [1.29, 1.82) is 0 Å². The second kappa shape index (κ2) is 11.7. The molecule has 5 nitrogen and oxygen atoms in total. The van der Waals surface area contributed by atoms with Crippen LogP contribution in [0.3, 0.4) is 0 Å². The molecule has 3 aromatic rings. The fourth-order valence-corrected chi connectivity index (χ4v) is 4.17.